The monoisotopic (exact) mass is 245 g/mol. The molecule has 3 nitrogen and oxygen atoms in total. The SMILES string of the molecule is C[C@H](c1ccccc1)N1[C@H]2CC[C@@H](C2)[C@H]1C(=O)O. The van der Waals surface area contributed by atoms with E-state index in [-0.39, 0.29) is 12.1 Å². The van der Waals surface area contributed by atoms with Crippen molar-refractivity contribution < 1.29 is 9.90 Å². The zero-order valence-electron chi connectivity index (χ0n) is 10.6. The van der Waals surface area contributed by atoms with E-state index in [9.17, 15) is 9.90 Å². The molecular formula is C15H19NO2. The van der Waals surface area contributed by atoms with Crippen LogP contribution in [0.15, 0.2) is 30.3 Å². The molecule has 0 aromatic heterocycles. The topological polar surface area (TPSA) is 40.5 Å². The Balaban J connectivity index is 1.89. The van der Waals surface area contributed by atoms with Gasteiger partial charge in [0, 0.05) is 12.1 Å². The van der Waals surface area contributed by atoms with Gasteiger partial charge in [0.15, 0.2) is 0 Å². The number of carboxylic acids is 1. The Kier molecular flexibility index (Phi) is 2.86. The summed E-state index contributed by atoms with van der Waals surface area (Å²) in [6, 6.07) is 10.6. The third-order valence-corrected chi connectivity index (χ3v) is 4.62. The van der Waals surface area contributed by atoms with E-state index in [1.807, 2.05) is 18.2 Å². The molecule has 1 aliphatic heterocycles. The fraction of sp³-hybridized carbons (Fsp3) is 0.533. The maximum absolute atomic E-state index is 11.5. The van der Waals surface area contributed by atoms with Crippen LogP contribution >= 0.6 is 0 Å². The first-order valence-electron chi connectivity index (χ1n) is 6.73. The summed E-state index contributed by atoms with van der Waals surface area (Å²) in [5.74, 6) is -0.288. The molecule has 1 heterocycles. The van der Waals surface area contributed by atoms with Crippen LogP contribution in [-0.2, 0) is 4.79 Å². The maximum atomic E-state index is 11.5. The number of fused-ring (bicyclic) bond motifs is 2. The van der Waals surface area contributed by atoms with Crippen LogP contribution in [0.1, 0.15) is 37.8 Å². The Morgan fingerprint density at radius 3 is 2.72 bits per heavy atom. The number of hydrogen-bond acceptors (Lipinski definition) is 2. The molecule has 0 radical (unpaired) electrons. The largest absolute Gasteiger partial charge is 0.480 e. The van der Waals surface area contributed by atoms with E-state index in [2.05, 4.69) is 24.0 Å². The Bertz CT molecular complexity index is 445. The Morgan fingerprint density at radius 2 is 2.06 bits per heavy atom. The minimum absolute atomic E-state index is 0.197. The third-order valence-electron chi connectivity index (χ3n) is 4.62. The van der Waals surface area contributed by atoms with Gasteiger partial charge in [-0.2, -0.15) is 0 Å². The highest BCUT2D eigenvalue weighted by atomic mass is 16.4. The molecule has 2 fully saturated rings. The number of rotatable bonds is 3. The lowest BCUT2D eigenvalue weighted by atomic mass is 9.96. The van der Waals surface area contributed by atoms with Crippen LogP contribution in [0.5, 0.6) is 0 Å². The molecule has 96 valence electrons. The van der Waals surface area contributed by atoms with Gasteiger partial charge in [0.1, 0.15) is 6.04 Å². The van der Waals surface area contributed by atoms with Crippen molar-refractivity contribution in [3.05, 3.63) is 35.9 Å². The van der Waals surface area contributed by atoms with E-state index in [0.29, 0.717) is 12.0 Å². The molecule has 0 spiro atoms. The molecule has 1 aromatic rings. The molecule has 1 saturated heterocycles. The standard InChI is InChI=1S/C15H19NO2/c1-10(11-5-3-2-4-6-11)16-13-8-7-12(9-13)14(16)15(17)18/h2-6,10,12-14H,7-9H2,1H3,(H,17,18)/t10-,12+,13+,14+/m1/s1. The molecule has 0 unspecified atom stereocenters. The van der Waals surface area contributed by atoms with Crippen molar-refractivity contribution in [2.75, 3.05) is 0 Å². The number of piperidine rings is 1. The molecule has 4 atom stereocenters. The first kappa shape index (κ1) is 11.7. The fourth-order valence-electron chi connectivity index (χ4n) is 3.81. The minimum Gasteiger partial charge on any atom is -0.480 e. The van der Waals surface area contributed by atoms with Crippen molar-refractivity contribution in [2.45, 2.75) is 44.3 Å². The maximum Gasteiger partial charge on any atom is 0.321 e. The summed E-state index contributed by atoms with van der Waals surface area (Å²) in [6.45, 7) is 2.13. The van der Waals surface area contributed by atoms with Gasteiger partial charge in [0.05, 0.1) is 0 Å². The van der Waals surface area contributed by atoms with E-state index in [0.717, 1.165) is 19.3 Å². The molecule has 3 heteroatoms. The Labute approximate surface area is 107 Å². The molecule has 0 amide bonds. The highest BCUT2D eigenvalue weighted by Gasteiger charge is 2.50. The number of likely N-dealkylation sites (tertiary alicyclic amines) is 1. The summed E-state index contributed by atoms with van der Waals surface area (Å²) in [5.41, 5.74) is 1.22. The lowest BCUT2D eigenvalue weighted by Gasteiger charge is -2.37. The summed E-state index contributed by atoms with van der Waals surface area (Å²) in [7, 11) is 0. The Morgan fingerprint density at radius 1 is 1.33 bits per heavy atom. The normalized spacial score (nSPS) is 32.6. The number of carboxylic acid groups (broad SMARTS) is 1. The Hall–Kier alpha value is -1.35. The average Bonchev–Trinajstić information content (AvgIpc) is 2.99. The lowest BCUT2D eigenvalue weighted by Crippen LogP contribution is -2.46. The van der Waals surface area contributed by atoms with Crippen LogP contribution in [0.25, 0.3) is 0 Å². The molecule has 2 bridgehead atoms. The highest BCUT2D eigenvalue weighted by molar-refractivity contribution is 5.75. The first-order chi connectivity index (χ1) is 8.68. The summed E-state index contributed by atoms with van der Waals surface area (Å²) in [4.78, 5) is 13.7. The van der Waals surface area contributed by atoms with Gasteiger partial charge in [-0.3, -0.25) is 9.69 Å². The summed E-state index contributed by atoms with van der Waals surface area (Å²) >= 11 is 0. The molecule has 1 saturated carbocycles. The zero-order valence-corrected chi connectivity index (χ0v) is 10.6. The third kappa shape index (κ3) is 1.74. The minimum atomic E-state index is -0.648. The van der Waals surface area contributed by atoms with Crippen LogP contribution in [0.4, 0.5) is 0 Å². The molecular weight excluding hydrogens is 226 g/mol. The molecule has 18 heavy (non-hydrogen) atoms. The van der Waals surface area contributed by atoms with E-state index in [1.54, 1.807) is 0 Å². The predicted octanol–water partition coefficient (Wildman–Crippen LogP) is 2.69. The second-order valence-corrected chi connectivity index (χ2v) is 5.54. The van der Waals surface area contributed by atoms with Gasteiger partial charge in [-0.25, -0.2) is 0 Å². The number of hydrogen-bond donors (Lipinski definition) is 1. The van der Waals surface area contributed by atoms with Crippen molar-refractivity contribution in [3.63, 3.8) is 0 Å². The van der Waals surface area contributed by atoms with Gasteiger partial charge >= 0.3 is 5.97 Å². The van der Waals surface area contributed by atoms with E-state index in [1.165, 1.54) is 5.56 Å². The number of aliphatic carboxylic acids is 1. The van der Waals surface area contributed by atoms with Gasteiger partial charge < -0.3 is 5.11 Å². The predicted molar refractivity (Wildman–Crippen MR) is 69.2 cm³/mol. The van der Waals surface area contributed by atoms with Crippen molar-refractivity contribution >= 4 is 5.97 Å². The van der Waals surface area contributed by atoms with Crippen LogP contribution in [0.3, 0.4) is 0 Å². The van der Waals surface area contributed by atoms with Gasteiger partial charge in [0.25, 0.3) is 0 Å². The van der Waals surface area contributed by atoms with Crippen molar-refractivity contribution in [1.29, 1.82) is 0 Å². The molecule has 1 N–H and O–H groups in total. The van der Waals surface area contributed by atoms with Crippen LogP contribution in [-0.4, -0.2) is 28.1 Å². The van der Waals surface area contributed by atoms with Gasteiger partial charge in [-0.15, -0.1) is 0 Å². The van der Waals surface area contributed by atoms with Crippen LogP contribution in [0.2, 0.25) is 0 Å². The van der Waals surface area contributed by atoms with Crippen molar-refractivity contribution in [3.8, 4) is 0 Å². The quantitative estimate of drug-likeness (QED) is 0.890. The molecule has 3 rings (SSSR count). The second kappa shape index (κ2) is 4.39. The number of nitrogens with zero attached hydrogens (tertiary/aromatic N) is 1. The van der Waals surface area contributed by atoms with Crippen LogP contribution < -0.4 is 0 Å². The average molecular weight is 245 g/mol. The molecule has 1 aliphatic carbocycles. The highest BCUT2D eigenvalue weighted by Crippen LogP contribution is 2.46. The number of benzene rings is 1. The summed E-state index contributed by atoms with van der Waals surface area (Å²) in [5, 5.41) is 9.46. The summed E-state index contributed by atoms with van der Waals surface area (Å²) in [6.07, 6.45) is 3.30. The van der Waals surface area contributed by atoms with E-state index >= 15 is 0 Å². The van der Waals surface area contributed by atoms with Crippen molar-refractivity contribution in [2.24, 2.45) is 5.92 Å². The van der Waals surface area contributed by atoms with E-state index in [4.69, 9.17) is 0 Å². The van der Waals surface area contributed by atoms with Gasteiger partial charge in [0.2, 0.25) is 0 Å². The summed E-state index contributed by atoms with van der Waals surface area (Å²) < 4.78 is 0. The second-order valence-electron chi connectivity index (χ2n) is 5.54. The lowest BCUT2D eigenvalue weighted by molar-refractivity contribution is -0.146. The van der Waals surface area contributed by atoms with Gasteiger partial charge in [-0.1, -0.05) is 30.3 Å². The van der Waals surface area contributed by atoms with Gasteiger partial charge in [-0.05, 0) is 37.7 Å². The van der Waals surface area contributed by atoms with E-state index < -0.39 is 5.97 Å². The smallest absolute Gasteiger partial charge is 0.321 e. The molecule has 1 aromatic carbocycles. The number of carbonyl (C=O) groups is 1. The van der Waals surface area contributed by atoms with Crippen molar-refractivity contribution in [1.82, 2.24) is 4.90 Å². The first-order valence-corrected chi connectivity index (χ1v) is 6.73. The zero-order chi connectivity index (χ0) is 12.7. The fourth-order valence-corrected chi connectivity index (χ4v) is 3.81. The molecule has 2 aliphatic rings. The van der Waals surface area contributed by atoms with Crippen LogP contribution in [0, 0.1) is 5.92 Å².